The van der Waals surface area contributed by atoms with Crippen molar-refractivity contribution >= 4 is 11.3 Å². The molecule has 0 aliphatic carbocycles. The summed E-state index contributed by atoms with van der Waals surface area (Å²) in [7, 11) is 1.64. The Morgan fingerprint density at radius 1 is 1.21 bits per heavy atom. The van der Waals surface area contributed by atoms with E-state index in [1.165, 1.54) is 4.88 Å². The molecule has 2 aromatic heterocycles. The Bertz CT molecular complexity index is 766. The fourth-order valence-electron chi connectivity index (χ4n) is 2.35. The molecule has 0 atom stereocenters. The quantitative estimate of drug-likeness (QED) is 0.580. The molecule has 0 spiro atoms. The van der Waals surface area contributed by atoms with Gasteiger partial charge in [-0.05, 0) is 35.7 Å². The lowest BCUT2D eigenvalue weighted by Crippen LogP contribution is -2.22. The first-order chi connectivity index (χ1) is 11.8. The lowest BCUT2D eigenvalue weighted by molar-refractivity contribution is 0.258. The van der Waals surface area contributed by atoms with Gasteiger partial charge in [0.25, 0.3) is 0 Å². The fraction of sp³-hybridized carbons (Fsp3) is 0.222. The number of hydrogen-bond donors (Lipinski definition) is 0. The molecule has 0 radical (unpaired) electrons. The molecule has 0 fully saturated rings. The monoisotopic (exact) mass is 341 g/mol. The Labute approximate surface area is 145 Å². The molecule has 5 nitrogen and oxygen atoms in total. The van der Waals surface area contributed by atoms with Crippen LogP contribution in [0.4, 0.5) is 0 Å². The van der Waals surface area contributed by atoms with Crippen LogP contribution >= 0.6 is 11.3 Å². The maximum absolute atomic E-state index is 5.80. The Hall–Kier alpha value is -2.44. The van der Waals surface area contributed by atoms with Crippen LogP contribution in [-0.2, 0) is 13.1 Å². The lowest BCUT2D eigenvalue weighted by Gasteiger charge is -2.17. The zero-order valence-electron chi connectivity index (χ0n) is 13.5. The van der Waals surface area contributed by atoms with E-state index in [9.17, 15) is 0 Å². The minimum absolute atomic E-state index is 0.516. The van der Waals surface area contributed by atoms with E-state index in [4.69, 9.17) is 9.15 Å². The van der Waals surface area contributed by atoms with Gasteiger partial charge in [-0.15, -0.1) is 28.1 Å². The standard InChI is InChI=1S/C18H19N3O2S/c1-3-10-21(12-16-5-4-11-24-16)13-17-19-20-18(23-17)14-6-8-15(22-2)9-7-14/h3-9,11H,1,10,12-13H2,2H3. The fourth-order valence-corrected chi connectivity index (χ4v) is 3.10. The number of rotatable bonds is 8. The van der Waals surface area contributed by atoms with Gasteiger partial charge in [0.05, 0.1) is 13.7 Å². The molecule has 6 heteroatoms. The summed E-state index contributed by atoms with van der Waals surface area (Å²) in [5.41, 5.74) is 0.878. The van der Waals surface area contributed by atoms with Crippen LogP contribution in [0.15, 0.2) is 58.9 Å². The molecule has 3 aromatic rings. The molecule has 1 aromatic carbocycles. The summed E-state index contributed by atoms with van der Waals surface area (Å²) >= 11 is 1.74. The van der Waals surface area contributed by atoms with Crippen molar-refractivity contribution in [1.82, 2.24) is 15.1 Å². The number of aromatic nitrogens is 2. The van der Waals surface area contributed by atoms with Crippen LogP contribution in [0.1, 0.15) is 10.8 Å². The molecule has 0 saturated heterocycles. The highest BCUT2D eigenvalue weighted by Crippen LogP contribution is 2.22. The Morgan fingerprint density at radius 2 is 2.04 bits per heavy atom. The van der Waals surface area contributed by atoms with Crippen LogP contribution in [0, 0.1) is 0 Å². The summed E-state index contributed by atoms with van der Waals surface area (Å²) in [4.78, 5) is 3.51. The van der Waals surface area contributed by atoms with Crippen LogP contribution in [0.3, 0.4) is 0 Å². The second-order valence-corrected chi connectivity index (χ2v) is 6.30. The van der Waals surface area contributed by atoms with Gasteiger partial charge in [0.1, 0.15) is 5.75 Å². The summed E-state index contributed by atoms with van der Waals surface area (Å²) in [6.45, 7) is 6.01. The first-order valence-corrected chi connectivity index (χ1v) is 8.49. The molecule has 0 bridgehead atoms. The molecule has 3 rings (SSSR count). The SMILES string of the molecule is C=CCN(Cc1nnc(-c2ccc(OC)cc2)o1)Cc1cccs1. The average molecular weight is 341 g/mol. The van der Waals surface area contributed by atoms with Crippen molar-refractivity contribution in [3.8, 4) is 17.2 Å². The van der Waals surface area contributed by atoms with Crippen molar-refractivity contribution in [1.29, 1.82) is 0 Å². The Kier molecular flexibility index (Phi) is 5.40. The smallest absolute Gasteiger partial charge is 0.247 e. The topological polar surface area (TPSA) is 51.4 Å². The van der Waals surface area contributed by atoms with E-state index < -0.39 is 0 Å². The molecule has 2 heterocycles. The van der Waals surface area contributed by atoms with Crippen molar-refractivity contribution in [2.24, 2.45) is 0 Å². The molecule has 0 N–H and O–H groups in total. The van der Waals surface area contributed by atoms with Gasteiger partial charge in [-0.25, -0.2) is 0 Å². The van der Waals surface area contributed by atoms with Crippen molar-refractivity contribution in [2.45, 2.75) is 13.1 Å². The third-order valence-corrected chi connectivity index (χ3v) is 4.37. The van der Waals surface area contributed by atoms with Crippen molar-refractivity contribution in [3.63, 3.8) is 0 Å². The molecular formula is C18H19N3O2S. The van der Waals surface area contributed by atoms with E-state index >= 15 is 0 Å². The van der Waals surface area contributed by atoms with Gasteiger partial charge in [0.15, 0.2) is 0 Å². The summed E-state index contributed by atoms with van der Waals surface area (Å²) in [5, 5.41) is 10.4. The van der Waals surface area contributed by atoms with Crippen molar-refractivity contribution in [3.05, 3.63) is 65.2 Å². The maximum atomic E-state index is 5.80. The van der Waals surface area contributed by atoms with Crippen LogP contribution < -0.4 is 4.74 Å². The van der Waals surface area contributed by atoms with Crippen LogP contribution in [0.25, 0.3) is 11.5 Å². The van der Waals surface area contributed by atoms with Gasteiger partial charge in [-0.1, -0.05) is 12.1 Å². The highest BCUT2D eigenvalue weighted by atomic mass is 32.1. The highest BCUT2D eigenvalue weighted by molar-refractivity contribution is 7.09. The first kappa shape index (κ1) is 16.4. The molecular weight excluding hydrogens is 322 g/mol. The molecule has 0 aliphatic heterocycles. The molecule has 124 valence electrons. The third-order valence-electron chi connectivity index (χ3n) is 3.51. The average Bonchev–Trinajstić information content (AvgIpc) is 3.27. The van der Waals surface area contributed by atoms with Gasteiger partial charge < -0.3 is 9.15 Å². The zero-order chi connectivity index (χ0) is 16.8. The second kappa shape index (κ2) is 7.90. The predicted octanol–water partition coefficient (Wildman–Crippen LogP) is 3.99. The van der Waals surface area contributed by atoms with Crippen molar-refractivity contribution in [2.75, 3.05) is 13.7 Å². The van der Waals surface area contributed by atoms with Gasteiger partial charge in [0, 0.05) is 23.5 Å². The number of benzene rings is 1. The Balaban J connectivity index is 1.69. The summed E-state index contributed by atoms with van der Waals surface area (Å²) < 4.78 is 11.0. The summed E-state index contributed by atoms with van der Waals surface area (Å²) in [6, 6.07) is 11.7. The molecule has 0 amide bonds. The van der Waals surface area contributed by atoms with E-state index in [0.717, 1.165) is 24.4 Å². The number of hydrogen-bond acceptors (Lipinski definition) is 6. The lowest BCUT2D eigenvalue weighted by atomic mass is 10.2. The number of ether oxygens (including phenoxy) is 1. The summed E-state index contributed by atoms with van der Waals surface area (Å²) in [5.74, 6) is 1.91. The van der Waals surface area contributed by atoms with E-state index in [0.29, 0.717) is 18.3 Å². The summed E-state index contributed by atoms with van der Waals surface area (Å²) in [6.07, 6.45) is 1.88. The largest absolute Gasteiger partial charge is 0.497 e. The number of nitrogens with zero attached hydrogens (tertiary/aromatic N) is 3. The number of thiophene rings is 1. The molecule has 0 saturated carbocycles. The second-order valence-electron chi connectivity index (χ2n) is 5.27. The number of methoxy groups -OCH3 is 1. The van der Waals surface area contributed by atoms with E-state index in [2.05, 4.69) is 39.2 Å². The predicted molar refractivity (Wildman–Crippen MR) is 94.9 cm³/mol. The third kappa shape index (κ3) is 4.10. The van der Waals surface area contributed by atoms with Gasteiger partial charge >= 0.3 is 0 Å². The minimum Gasteiger partial charge on any atom is -0.497 e. The first-order valence-electron chi connectivity index (χ1n) is 7.61. The molecule has 24 heavy (non-hydrogen) atoms. The Morgan fingerprint density at radius 3 is 2.71 bits per heavy atom. The van der Waals surface area contributed by atoms with Gasteiger partial charge in [-0.2, -0.15) is 0 Å². The van der Waals surface area contributed by atoms with Crippen LogP contribution in [0.2, 0.25) is 0 Å². The van der Waals surface area contributed by atoms with Crippen molar-refractivity contribution < 1.29 is 9.15 Å². The molecule has 0 aliphatic rings. The van der Waals surface area contributed by atoms with Gasteiger partial charge in [0.2, 0.25) is 11.8 Å². The minimum atomic E-state index is 0.516. The zero-order valence-corrected chi connectivity index (χ0v) is 14.3. The highest BCUT2D eigenvalue weighted by Gasteiger charge is 2.13. The van der Waals surface area contributed by atoms with Crippen LogP contribution in [0.5, 0.6) is 5.75 Å². The van der Waals surface area contributed by atoms with E-state index in [-0.39, 0.29) is 0 Å². The van der Waals surface area contributed by atoms with E-state index in [1.807, 2.05) is 30.3 Å². The maximum Gasteiger partial charge on any atom is 0.247 e. The van der Waals surface area contributed by atoms with Crippen LogP contribution in [-0.4, -0.2) is 28.8 Å². The molecule has 0 unspecified atom stereocenters. The van der Waals surface area contributed by atoms with E-state index in [1.54, 1.807) is 18.4 Å². The normalized spacial score (nSPS) is 10.9. The van der Waals surface area contributed by atoms with Gasteiger partial charge in [-0.3, -0.25) is 4.90 Å².